The fourth-order valence-electron chi connectivity index (χ4n) is 2.44. The molecule has 0 aliphatic rings. The van der Waals surface area contributed by atoms with E-state index in [9.17, 15) is 4.79 Å². The zero-order chi connectivity index (χ0) is 18.7. The monoisotopic (exact) mass is 480 g/mol. The number of benzene rings is 2. The summed E-state index contributed by atoms with van der Waals surface area (Å²) < 4.78 is 2.00. The molecule has 0 unspecified atom stereocenters. The lowest BCUT2D eigenvalue weighted by atomic mass is 10.2. The maximum atomic E-state index is 12.5. The molecule has 0 spiro atoms. The summed E-state index contributed by atoms with van der Waals surface area (Å²) in [6, 6.07) is 13.4. The van der Waals surface area contributed by atoms with Crippen LogP contribution in [-0.4, -0.2) is 50.0 Å². The van der Waals surface area contributed by atoms with E-state index in [1.54, 1.807) is 11.3 Å². The first-order chi connectivity index (χ1) is 12.4. The van der Waals surface area contributed by atoms with Crippen molar-refractivity contribution in [3.05, 3.63) is 51.6 Å². The van der Waals surface area contributed by atoms with Crippen LogP contribution in [0.2, 0.25) is 0 Å². The Labute approximate surface area is 171 Å². The topological polar surface area (TPSA) is 48.5 Å². The number of aromatic nitrogens is 1. The summed E-state index contributed by atoms with van der Waals surface area (Å²) in [5.74, 6) is -0.0952. The van der Waals surface area contributed by atoms with Crippen molar-refractivity contribution in [1.82, 2.24) is 9.88 Å². The summed E-state index contributed by atoms with van der Waals surface area (Å²) in [5.41, 5.74) is 2.42. The van der Waals surface area contributed by atoms with Crippen molar-refractivity contribution in [1.29, 1.82) is 0 Å². The van der Waals surface area contributed by atoms with Gasteiger partial charge < -0.3 is 15.1 Å². The van der Waals surface area contributed by atoms with E-state index in [4.69, 9.17) is 4.98 Å². The molecule has 0 aliphatic heterocycles. The molecule has 0 saturated heterocycles. The van der Waals surface area contributed by atoms with Gasteiger partial charge in [0.25, 0.3) is 5.91 Å². The van der Waals surface area contributed by atoms with Crippen molar-refractivity contribution in [2.75, 3.05) is 44.4 Å². The summed E-state index contributed by atoms with van der Waals surface area (Å²) in [4.78, 5) is 21.5. The molecule has 1 N–H and O–H groups in total. The highest BCUT2D eigenvalue weighted by Gasteiger charge is 2.12. The number of carbonyl (C=O) groups is 1. The van der Waals surface area contributed by atoms with Crippen molar-refractivity contribution in [2.45, 2.75) is 0 Å². The molecule has 0 atom stereocenters. The van der Waals surface area contributed by atoms with E-state index in [1.807, 2.05) is 42.5 Å². The van der Waals surface area contributed by atoms with Gasteiger partial charge in [0.15, 0.2) is 5.13 Å². The maximum absolute atomic E-state index is 12.5. The molecule has 0 saturated carbocycles. The number of nitrogens with one attached hydrogen (secondary N) is 1. The number of thiazole rings is 1. The molecular formula is C19H21IN4OS. The van der Waals surface area contributed by atoms with Gasteiger partial charge in [-0.2, -0.15) is 0 Å². The largest absolute Gasteiger partial charge is 0.350 e. The molecule has 1 amide bonds. The molecule has 5 nitrogen and oxygen atoms in total. The summed E-state index contributed by atoms with van der Waals surface area (Å²) in [5, 5.41) is 3.97. The molecule has 7 heteroatoms. The van der Waals surface area contributed by atoms with Gasteiger partial charge in [-0.3, -0.25) is 4.79 Å². The Morgan fingerprint density at radius 1 is 1.15 bits per heavy atom. The van der Waals surface area contributed by atoms with Gasteiger partial charge in [0.1, 0.15) is 0 Å². The van der Waals surface area contributed by atoms with E-state index in [2.05, 4.69) is 58.9 Å². The zero-order valence-electron chi connectivity index (χ0n) is 15.0. The third-order valence-electron chi connectivity index (χ3n) is 3.96. The van der Waals surface area contributed by atoms with Crippen LogP contribution in [0.3, 0.4) is 0 Å². The number of anilines is 2. The molecule has 1 aromatic heterocycles. The highest BCUT2D eigenvalue weighted by Crippen LogP contribution is 2.30. The summed E-state index contributed by atoms with van der Waals surface area (Å²) in [6.07, 6.45) is 0. The van der Waals surface area contributed by atoms with Gasteiger partial charge in [0.05, 0.1) is 15.8 Å². The highest BCUT2D eigenvalue weighted by atomic mass is 127. The molecule has 3 rings (SSSR count). The molecule has 0 bridgehead atoms. The number of likely N-dealkylation sites (N-methyl/N-ethyl adjacent to an activating group) is 2. The zero-order valence-corrected chi connectivity index (χ0v) is 18.0. The molecule has 136 valence electrons. The van der Waals surface area contributed by atoms with E-state index in [0.29, 0.717) is 5.56 Å². The molecular weight excluding hydrogens is 459 g/mol. The Hall–Kier alpha value is -1.71. The highest BCUT2D eigenvalue weighted by molar-refractivity contribution is 14.1. The smallest absolute Gasteiger partial charge is 0.256 e. The van der Waals surface area contributed by atoms with E-state index in [-0.39, 0.29) is 5.91 Å². The molecule has 0 aliphatic carbocycles. The third kappa shape index (κ3) is 4.52. The van der Waals surface area contributed by atoms with Crippen molar-refractivity contribution in [3.8, 4) is 0 Å². The average Bonchev–Trinajstić information content (AvgIpc) is 3.03. The van der Waals surface area contributed by atoms with Gasteiger partial charge >= 0.3 is 0 Å². The number of carbonyl (C=O) groups excluding carboxylic acids is 1. The molecule has 26 heavy (non-hydrogen) atoms. The van der Waals surface area contributed by atoms with Crippen molar-refractivity contribution < 1.29 is 4.79 Å². The molecule has 1 heterocycles. The minimum Gasteiger partial charge on any atom is -0.350 e. The second-order valence-electron chi connectivity index (χ2n) is 6.34. The standard InChI is InChI=1S/C19H21IN4OS/c1-23(2)10-11-24(3)19-22-16-9-8-13(12-17(16)26-19)21-18(25)14-6-4-5-7-15(14)20/h4-9,12H,10-11H2,1-3H3,(H,21,25). The molecule has 3 aromatic rings. The number of amides is 1. The maximum Gasteiger partial charge on any atom is 0.256 e. The Morgan fingerprint density at radius 3 is 2.65 bits per heavy atom. The quantitative estimate of drug-likeness (QED) is 0.539. The summed E-state index contributed by atoms with van der Waals surface area (Å²) in [6.45, 7) is 1.90. The second-order valence-corrected chi connectivity index (χ2v) is 8.51. The SMILES string of the molecule is CN(C)CCN(C)c1nc2ccc(NC(=O)c3ccccc3I)cc2s1. The normalized spacial score (nSPS) is 11.1. The van der Waals surface area contributed by atoms with E-state index >= 15 is 0 Å². The van der Waals surface area contributed by atoms with E-state index < -0.39 is 0 Å². The van der Waals surface area contributed by atoms with E-state index in [1.165, 1.54) is 0 Å². The Kier molecular flexibility index (Phi) is 6.10. The summed E-state index contributed by atoms with van der Waals surface area (Å²) in [7, 11) is 6.19. The number of nitrogens with zero attached hydrogens (tertiary/aromatic N) is 3. The van der Waals surface area contributed by atoms with Crippen LogP contribution in [0.15, 0.2) is 42.5 Å². The first-order valence-electron chi connectivity index (χ1n) is 8.26. The molecule has 0 radical (unpaired) electrons. The van der Waals surface area contributed by atoms with Gasteiger partial charge in [0, 0.05) is 29.4 Å². The van der Waals surface area contributed by atoms with Crippen LogP contribution in [0, 0.1) is 3.57 Å². The first-order valence-corrected chi connectivity index (χ1v) is 10.2. The minimum atomic E-state index is -0.0952. The first kappa shape index (κ1) is 19.1. The Morgan fingerprint density at radius 2 is 1.92 bits per heavy atom. The Bertz CT molecular complexity index is 925. The fourth-order valence-corrected chi connectivity index (χ4v) is 4.07. The van der Waals surface area contributed by atoms with Crippen LogP contribution in [0.25, 0.3) is 10.2 Å². The van der Waals surface area contributed by atoms with Crippen molar-refractivity contribution in [3.63, 3.8) is 0 Å². The minimum absolute atomic E-state index is 0.0952. The predicted molar refractivity (Wildman–Crippen MR) is 119 cm³/mol. The third-order valence-corrected chi connectivity index (χ3v) is 6.04. The lowest BCUT2D eigenvalue weighted by Crippen LogP contribution is -2.28. The second kappa shape index (κ2) is 8.32. The van der Waals surface area contributed by atoms with Gasteiger partial charge in [-0.05, 0) is 67.0 Å². The lowest BCUT2D eigenvalue weighted by Gasteiger charge is -2.18. The van der Waals surface area contributed by atoms with E-state index in [0.717, 1.165) is 37.7 Å². The van der Waals surface area contributed by atoms with Crippen LogP contribution in [-0.2, 0) is 0 Å². The van der Waals surface area contributed by atoms with Crippen molar-refractivity contribution >= 4 is 60.9 Å². The van der Waals surface area contributed by atoms with Gasteiger partial charge in [-0.1, -0.05) is 23.5 Å². The Balaban J connectivity index is 1.77. The van der Waals surface area contributed by atoms with Gasteiger partial charge in [-0.25, -0.2) is 4.98 Å². The fraction of sp³-hybridized carbons (Fsp3) is 0.263. The molecule has 2 aromatic carbocycles. The van der Waals surface area contributed by atoms with Gasteiger partial charge in [0.2, 0.25) is 0 Å². The van der Waals surface area contributed by atoms with Crippen LogP contribution in [0.4, 0.5) is 10.8 Å². The predicted octanol–water partition coefficient (Wildman–Crippen LogP) is 4.15. The average molecular weight is 480 g/mol. The number of fused-ring (bicyclic) bond motifs is 1. The van der Waals surface area contributed by atoms with Crippen LogP contribution in [0.5, 0.6) is 0 Å². The number of halogens is 1. The van der Waals surface area contributed by atoms with Crippen molar-refractivity contribution in [2.24, 2.45) is 0 Å². The molecule has 0 fully saturated rings. The van der Waals surface area contributed by atoms with Crippen LogP contribution >= 0.6 is 33.9 Å². The number of hydrogen-bond acceptors (Lipinski definition) is 5. The van der Waals surface area contributed by atoms with Crippen LogP contribution < -0.4 is 10.2 Å². The number of rotatable bonds is 6. The van der Waals surface area contributed by atoms with Gasteiger partial charge in [-0.15, -0.1) is 0 Å². The summed E-state index contributed by atoms with van der Waals surface area (Å²) >= 11 is 3.82. The lowest BCUT2D eigenvalue weighted by molar-refractivity contribution is 0.102. The number of hydrogen-bond donors (Lipinski definition) is 1. The van der Waals surface area contributed by atoms with Crippen LogP contribution in [0.1, 0.15) is 10.4 Å².